The van der Waals surface area contributed by atoms with Gasteiger partial charge in [0.2, 0.25) is 0 Å². The molecule has 0 spiro atoms. The number of pyridine rings is 1. The molecule has 3 rings (SSSR count). The van der Waals surface area contributed by atoms with Crippen molar-refractivity contribution in [1.82, 2.24) is 9.97 Å². The van der Waals surface area contributed by atoms with Crippen molar-refractivity contribution in [3.8, 4) is 5.75 Å². The van der Waals surface area contributed by atoms with Gasteiger partial charge >= 0.3 is 0 Å². The molecule has 2 heterocycles. The van der Waals surface area contributed by atoms with E-state index in [4.69, 9.17) is 16.3 Å². The molecule has 0 fully saturated rings. The molecule has 5 nitrogen and oxygen atoms in total. The quantitative estimate of drug-likeness (QED) is 0.674. The number of ether oxygens (including phenoxy) is 1. The number of carbonyl (C=O) groups excluding carboxylic acids is 1. The van der Waals surface area contributed by atoms with E-state index in [0.29, 0.717) is 21.3 Å². The number of aryl methyl sites for hydroxylation is 3. The minimum atomic E-state index is -0.184. The Balaban J connectivity index is 1.68. The van der Waals surface area contributed by atoms with E-state index < -0.39 is 0 Å². The van der Waals surface area contributed by atoms with Crippen LogP contribution in [0, 0.1) is 6.92 Å². The Bertz CT molecular complexity index is 912. The highest BCUT2D eigenvalue weighted by molar-refractivity contribution is 7.13. The third-order valence-electron chi connectivity index (χ3n) is 3.83. The summed E-state index contributed by atoms with van der Waals surface area (Å²) < 4.78 is 5.12. The first-order valence-corrected chi connectivity index (χ1v) is 9.26. The van der Waals surface area contributed by atoms with Gasteiger partial charge in [0.15, 0.2) is 0 Å². The summed E-state index contributed by atoms with van der Waals surface area (Å²) in [7, 11) is 1.55. The van der Waals surface area contributed by atoms with Crippen molar-refractivity contribution >= 4 is 34.5 Å². The molecule has 0 unspecified atom stereocenters. The Hall–Kier alpha value is -2.44. The standard InChI is InChI=1S/C19H18ClN3O2S/c1-12-18(19(24)23-14-4-5-16(25-2)15(20)11-14)26-17(22-12)6-3-13-7-9-21-10-8-13/h4-5,7-11H,3,6H2,1-2H3,(H,23,24). The SMILES string of the molecule is COc1ccc(NC(=O)c2sc(CCc3ccncc3)nc2C)cc1Cl. The second-order valence-corrected chi connectivity index (χ2v) is 7.17. The van der Waals surface area contributed by atoms with Crippen LogP contribution in [0.4, 0.5) is 5.69 Å². The lowest BCUT2D eigenvalue weighted by atomic mass is 10.1. The molecular formula is C19H18ClN3O2S. The van der Waals surface area contributed by atoms with Crippen LogP contribution in [0.2, 0.25) is 5.02 Å². The number of benzene rings is 1. The Labute approximate surface area is 161 Å². The summed E-state index contributed by atoms with van der Waals surface area (Å²) in [4.78, 5) is 21.7. The second-order valence-electron chi connectivity index (χ2n) is 5.68. The third kappa shape index (κ3) is 4.39. The highest BCUT2D eigenvalue weighted by Gasteiger charge is 2.16. The highest BCUT2D eigenvalue weighted by atomic mass is 35.5. The van der Waals surface area contributed by atoms with Crippen LogP contribution in [0.1, 0.15) is 25.9 Å². The number of halogens is 1. The molecule has 3 aromatic rings. The summed E-state index contributed by atoms with van der Waals surface area (Å²) >= 11 is 7.52. The van der Waals surface area contributed by atoms with Crippen molar-refractivity contribution in [3.63, 3.8) is 0 Å². The van der Waals surface area contributed by atoms with Gasteiger partial charge in [-0.05, 0) is 49.2 Å². The largest absolute Gasteiger partial charge is 0.495 e. The van der Waals surface area contributed by atoms with Crippen LogP contribution in [0.15, 0.2) is 42.7 Å². The molecule has 0 aliphatic heterocycles. The van der Waals surface area contributed by atoms with Gasteiger partial charge in [-0.2, -0.15) is 0 Å². The first kappa shape index (κ1) is 18.4. The number of carbonyl (C=O) groups is 1. The van der Waals surface area contributed by atoms with Gasteiger partial charge < -0.3 is 10.1 Å². The van der Waals surface area contributed by atoms with Crippen LogP contribution < -0.4 is 10.1 Å². The van der Waals surface area contributed by atoms with Gasteiger partial charge in [-0.3, -0.25) is 9.78 Å². The van der Waals surface area contributed by atoms with E-state index >= 15 is 0 Å². The molecule has 0 saturated carbocycles. The average molecular weight is 388 g/mol. The van der Waals surface area contributed by atoms with E-state index in [1.54, 1.807) is 37.7 Å². The molecule has 7 heteroatoms. The number of amides is 1. The molecule has 26 heavy (non-hydrogen) atoms. The average Bonchev–Trinajstić information content (AvgIpc) is 3.02. The number of thiazole rings is 1. The zero-order valence-electron chi connectivity index (χ0n) is 14.5. The molecule has 0 bridgehead atoms. The summed E-state index contributed by atoms with van der Waals surface area (Å²) in [6.07, 6.45) is 5.21. The summed E-state index contributed by atoms with van der Waals surface area (Å²) in [5.41, 5.74) is 2.55. The van der Waals surface area contributed by atoms with Gasteiger partial charge in [0, 0.05) is 24.5 Å². The molecule has 1 aromatic carbocycles. The van der Waals surface area contributed by atoms with Crippen LogP contribution in [-0.4, -0.2) is 23.0 Å². The van der Waals surface area contributed by atoms with E-state index in [1.807, 2.05) is 19.1 Å². The zero-order valence-corrected chi connectivity index (χ0v) is 16.0. The number of aromatic nitrogens is 2. The second kappa shape index (κ2) is 8.29. The van der Waals surface area contributed by atoms with Gasteiger partial charge in [0.25, 0.3) is 5.91 Å². The summed E-state index contributed by atoms with van der Waals surface area (Å²) in [6, 6.07) is 9.11. The number of hydrogen-bond donors (Lipinski definition) is 1. The fourth-order valence-electron chi connectivity index (χ4n) is 2.50. The van der Waals surface area contributed by atoms with Gasteiger partial charge in [0.05, 0.1) is 22.8 Å². The van der Waals surface area contributed by atoms with Crippen LogP contribution in [0.25, 0.3) is 0 Å². The van der Waals surface area contributed by atoms with E-state index in [9.17, 15) is 4.79 Å². The van der Waals surface area contributed by atoms with E-state index in [-0.39, 0.29) is 5.91 Å². The van der Waals surface area contributed by atoms with E-state index in [2.05, 4.69) is 15.3 Å². The van der Waals surface area contributed by atoms with Crippen molar-refractivity contribution in [3.05, 3.63) is 68.9 Å². The van der Waals surface area contributed by atoms with Crippen molar-refractivity contribution in [2.24, 2.45) is 0 Å². The lowest BCUT2D eigenvalue weighted by Crippen LogP contribution is -2.11. The molecule has 0 saturated heterocycles. The fourth-order valence-corrected chi connectivity index (χ4v) is 3.72. The van der Waals surface area contributed by atoms with E-state index in [1.165, 1.54) is 16.9 Å². The highest BCUT2D eigenvalue weighted by Crippen LogP contribution is 2.28. The van der Waals surface area contributed by atoms with Gasteiger partial charge in [0.1, 0.15) is 10.6 Å². The molecule has 0 aliphatic carbocycles. The molecular weight excluding hydrogens is 370 g/mol. The molecule has 134 valence electrons. The molecule has 0 radical (unpaired) electrons. The van der Waals surface area contributed by atoms with Crippen LogP contribution in [-0.2, 0) is 12.8 Å². The van der Waals surface area contributed by atoms with Gasteiger partial charge in [-0.15, -0.1) is 11.3 Å². The molecule has 1 N–H and O–H groups in total. The lowest BCUT2D eigenvalue weighted by Gasteiger charge is -2.07. The first-order valence-electron chi connectivity index (χ1n) is 8.07. The first-order chi connectivity index (χ1) is 12.6. The summed E-state index contributed by atoms with van der Waals surface area (Å²) in [5, 5.41) is 4.25. The van der Waals surface area contributed by atoms with Gasteiger partial charge in [-0.1, -0.05) is 11.6 Å². The van der Waals surface area contributed by atoms with Crippen molar-refractivity contribution < 1.29 is 9.53 Å². The van der Waals surface area contributed by atoms with Crippen molar-refractivity contribution in [2.45, 2.75) is 19.8 Å². The number of rotatable bonds is 6. The molecule has 1 amide bonds. The smallest absolute Gasteiger partial charge is 0.267 e. The molecule has 2 aromatic heterocycles. The minimum absolute atomic E-state index is 0.184. The normalized spacial score (nSPS) is 10.6. The Morgan fingerprint density at radius 1 is 1.23 bits per heavy atom. The number of nitrogens with one attached hydrogen (secondary N) is 1. The Morgan fingerprint density at radius 2 is 2.00 bits per heavy atom. The topological polar surface area (TPSA) is 64.1 Å². The minimum Gasteiger partial charge on any atom is -0.495 e. The van der Waals surface area contributed by atoms with Crippen molar-refractivity contribution in [1.29, 1.82) is 0 Å². The summed E-state index contributed by atoms with van der Waals surface area (Å²) in [6.45, 7) is 1.85. The molecule has 0 aliphatic rings. The predicted octanol–water partition coefficient (Wildman–Crippen LogP) is 4.55. The zero-order chi connectivity index (χ0) is 18.5. The van der Waals surface area contributed by atoms with E-state index in [0.717, 1.165) is 23.5 Å². The maximum atomic E-state index is 12.6. The van der Waals surface area contributed by atoms with Crippen LogP contribution in [0.5, 0.6) is 5.75 Å². The third-order valence-corrected chi connectivity index (χ3v) is 5.35. The monoisotopic (exact) mass is 387 g/mol. The Kier molecular flexibility index (Phi) is 5.85. The number of hydrogen-bond acceptors (Lipinski definition) is 5. The number of anilines is 1. The van der Waals surface area contributed by atoms with Crippen molar-refractivity contribution in [2.75, 3.05) is 12.4 Å². The molecule has 0 atom stereocenters. The summed E-state index contributed by atoms with van der Waals surface area (Å²) in [5.74, 6) is 0.383. The number of methoxy groups -OCH3 is 1. The maximum Gasteiger partial charge on any atom is 0.267 e. The predicted molar refractivity (Wildman–Crippen MR) is 104 cm³/mol. The van der Waals surface area contributed by atoms with Crippen LogP contribution >= 0.6 is 22.9 Å². The van der Waals surface area contributed by atoms with Crippen LogP contribution in [0.3, 0.4) is 0 Å². The Morgan fingerprint density at radius 3 is 2.69 bits per heavy atom. The fraction of sp³-hybridized carbons (Fsp3) is 0.211. The lowest BCUT2D eigenvalue weighted by molar-refractivity contribution is 0.103. The van der Waals surface area contributed by atoms with Gasteiger partial charge in [-0.25, -0.2) is 4.98 Å². The maximum absolute atomic E-state index is 12.6. The number of nitrogens with zero attached hydrogens (tertiary/aromatic N) is 2.